The maximum absolute atomic E-state index is 5.85. The fraction of sp³-hybridized carbons (Fsp3) is 0.133. The molecule has 0 spiro atoms. The second kappa shape index (κ2) is 6.82. The average molecular weight is 290 g/mol. The molecule has 0 saturated heterocycles. The van der Waals surface area contributed by atoms with Crippen molar-refractivity contribution in [2.24, 2.45) is 10.7 Å². The number of methoxy groups -OCH3 is 1. The fourth-order valence-corrected chi connectivity index (χ4v) is 1.78. The highest BCUT2D eigenvalue weighted by molar-refractivity contribution is 6.30. The van der Waals surface area contributed by atoms with Gasteiger partial charge in [0.25, 0.3) is 0 Å². The predicted octanol–water partition coefficient (Wildman–Crippen LogP) is 3.28. The molecule has 0 aliphatic carbocycles. The minimum Gasteiger partial charge on any atom is -0.497 e. The van der Waals surface area contributed by atoms with E-state index in [1.165, 1.54) is 0 Å². The first kappa shape index (κ1) is 14.2. The van der Waals surface area contributed by atoms with Crippen LogP contribution < -0.4 is 15.8 Å². The van der Waals surface area contributed by atoms with E-state index in [-0.39, 0.29) is 0 Å². The highest BCUT2D eigenvalue weighted by atomic mass is 35.5. The molecule has 2 aromatic rings. The molecule has 0 aliphatic heterocycles. The number of hydrogen-bond donors (Lipinski definition) is 2. The van der Waals surface area contributed by atoms with Crippen molar-refractivity contribution in [1.29, 1.82) is 0 Å². The van der Waals surface area contributed by atoms with Crippen LogP contribution in [0.3, 0.4) is 0 Å². The van der Waals surface area contributed by atoms with Crippen LogP contribution in [0.15, 0.2) is 53.5 Å². The summed E-state index contributed by atoms with van der Waals surface area (Å²) in [6, 6.07) is 15.0. The van der Waals surface area contributed by atoms with E-state index in [9.17, 15) is 0 Å². The molecule has 0 aromatic heterocycles. The molecule has 0 atom stereocenters. The second-order valence-corrected chi connectivity index (χ2v) is 4.62. The molecule has 0 heterocycles. The number of nitrogens with zero attached hydrogens (tertiary/aromatic N) is 1. The van der Waals surface area contributed by atoms with Crippen molar-refractivity contribution in [2.45, 2.75) is 6.54 Å². The Labute approximate surface area is 123 Å². The van der Waals surface area contributed by atoms with Gasteiger partial charge in [0.15, 0.2) is 5.96 Å². The van der Waals surface area contributed by atoms with Crippen LogP contribution in [0.25, 0.3) is 0 Å². The molecule has 0 fully saturated rings. The van der Waals surface area contributed by atoms with Crippen LogP contribution in [-0.2, 0) is 6.54 Å². The normalized spacial score (nSPS) is 11.2. The zero-order valence-electron chi connectivity index (χ0n) is 11.1. The fourth-order valence-electron chi connectivity index (χ4n) is 1.65. The number of ether oxygens (including phenoxy) is 1. The highest BCUT2D eigenvalue weighted by Crippen LogP contribution is 2.16. The Balaban J connectivity index is 1.98. The van der Waals surface area contributed by atoms with E-state index >= 15 is 0 Å². The Kier molecular flexibility index (Phi) is 4.85. The monoisotopic (exact) mass is 289 g/mol. The van der Waals surface area contributed by atoms with Crippen molar-refractivity contribution in [1.82, 2.24) is 0 Å². The van der Waals surface area contributed by atoms with E-state index in [4.69, 9.17) is 22.1 Å². The van der Waals surface area contributed by atoms with Crippen LogP contribution in [0.2, 0.25) is 5.02 Å². The van der Waals surface area contributed by atoms with Gasteiger partial charge in [-0.2, -0.15) is 0 Å². The van der Waals surface area contributed by atoms with Crippen LogP contribution >= 0.6 is 11.6 Å². The summed E-state index contributed by atoms with van der Waals surface area (Å²) in [6.45, 7) is 0.500. The van der Waals surface area contributed by atoms with Gasteiger partial charge in [-0.1, -0.05) is 29.8 Å². The van der Waals surface area contributed by atoms with Crippen molar-refractivity contribution in [3.63, 3.8) is 0 Å². The number of benzene rings is 2. The predicted molar refractivity (Wildman–Crippen MR) is 83.4 cm³/mol. The molecular weight excluding hydrogens is 274 g/mol. The van der Waals surface area contributed by atoms with Gasteiger partial charge in [-0.3, -0.25) is 0 Å². The molecular formula is C15H16ClN3O. The topological polar surface area (TPSA) is 59.6 Å². The third-order valence-corrected chi connectivity index (χ3v) is 2.94. The first-order chi connectivity index (χ1) is 9.67. The summed E-state index contributed by atoms with van der Waals surface area (Å²) in [5.74, 6) is 1.12. The van der Waals surface area contributed by atoms with Gasteiger partial charge in [-0.05, 0) is 29.8 Å². The summed E-state index contributed by atoms with van der Waals surface area (Å²) in [4.78, 5) is 4.27. The van der Waals surface area contributed by atoms with Crippen LogP contribution in [0.4, 0.5) is 5.69 Å². The first-order valence-electron chi connectivity index (χ1n) is 6.13. The van der Waals surface area contributed by atoms with Crippen LogP contribution in [0.5, 0.6) is 5.75 Å². The average Bonchev–Trinajstić information content (AvgIpc) is 2.47. The molecule has 0 aliphatic rings. The van der Waals surface area contributed by atoms with Gasteiger partial charge in [0.1, 0.15) is 5.75 Å². The molecule has 2 aromatic carbocycles. The lowest BCUT2D eigenvalue weighted by Gasteiger charge is -2.07. The van der Waals surface area contributed by atoms with E-state index < -0.39 is 0 Å². The number of hydrogen-bond acceptors (Lipinski definition) is 2. The minimum atomic E-state index is 0.355. The molecule has 20 heavy (non-hydrogen) atoms. The lowest BCUT2D eigenvalue weighted by atomic mass is 10.2. The quantitative estimate of drug-likeness (QED) is 0.671. The van der Waals surface area contributed by atoms with Gasteiger partial charge < -0.3 is 15.8 Å². The van der Waals surface area contributed by atoms with Gasteiger partial charge in [0.05, 0.1) is 13.7 Å². The molecule has 0 unspecified atom stereocenters. The molecule has 3 N–H and O–H groups in total. The Morgan fingerprint density at radius 1 is 1.25 bits per heavy atom. The number of anilines is 1. The molecule has 5 heteroatoms. The molecule has 0 bridgehead atoms. The van der Waals surface area contributed by atoms with Crippen molar-refractivity contribution >= 4 is 23.2 Å². The third kappa shape index (κ3) is 4.17. The van der Waals surface area contributed by atoms with Gasteiger partial charge in [0, 0.05) is 16.8 Å². The lowest BCUT2D eigenvalue weighted by molar-refractivity contribution is 0.415. The lowest BCUT2D eigenvalue weighted by Crippen LogP contribution is -2.22. The van der Waals surface area contributed by atoms with Crippen LogP contribution in [0, 0.1) is 0 Å². The van der Waals surface area contributed by atoms with Crippen LogP contribution in [-0.4, -0.2) is 13.1 Å². The summed E-state index contributed by atoms with van der Waals surface area (Å²) in [7, 11) is 1.62. The van der Waals surface area contributed by atoms with Gasteiger partial charge in [-0.25, -0.2) is 4.99 Å². The number of nitrogens with one attached hydrogen (secondary N) is 1. The Morgan fingerprint density at radius 2 is 2.00 bits per heavy atom. The first-order valence-corrected chi connectivity index (χ1v) is 6.50. The standard InChI is InChI=1S/C15H16ClN3O/c1-20-14-4-2-3-13(9-14)19-15(17)18-10-11-5-7-12(16)8-6-11/h2-9H,10H2,1H3,(H3,17,18,19). The van der Waals surface area contributed by atoms with E-state index in [2.05, 4.69) is 10.3 Å². The summed E-state index contributed by atoms with van der Waals surface area (Å²) < 4.78 is 5.14. The molecule has 4 nitrogen and oxygen atoms in total. The highest BCUT2D eigenvalue weighted by Gasteiger charge is 1.98. The largest absolute Gasteiger partial charge is 0.497 e. The number of halogens is 1. The van der Waals surface area contributed by atoms with Gasteiger partial charge in [-0.15, -0.1) is 0 Å². The zero-order chi connectivity index (χ0) is 14.4. The number of rotatable bonds is 4. The second-order valence-electron chi connectivity index (χ2n) is 4.18. The van der Waals surface area contributed by atoms with Crippen molar-refractivity contribution in [3.05, 3.63) is 59.1 Å². The van der Waals surface area contributed by atoms with Crippen molar-refractivity contribution in [2.75, 3.05) is 12.4 Å². The van der Waals surface area contributed by atoms with E-state index in [1.807, 2.05) is 48.5 Å². The number of aliphatic imine (C=N–C) groups is 1. The minimum absolute atomic E-state index is 0.355. The molecule has 0 radical (unpaired) electrons. The van der Waals surface area contributed by atoms with E-state index in [0.29, 0.717) is 17.5 Å². The SMILES string of the molecule is COc1cccc(NC(N)=NCc2ccc(Cl)cc2)c1. The Morgan fingerprint density at radius 3 is 2.70 bits per heavy atom. The molecule has 104 valence electrons. The van der Waals surface area contributed by atoms with E-state index in [1.54, 1.807) is 7.11 Å². The summed E-state index contributed by atoms with van der Waals surface area (Å²) in [5.41, 5.74) is 7.73. The number of nitrogens with two attached hydrogens (primary N) is 1. The summed E-state index contributed by atoms with van der Waals surface area (Å²) in [5, 5.41) is 3.73. The summed E-state index contributed by atoms with van der Waals surface area (Å²) in [6.07, 6.45) is 0. The van der Waals surface area contributed by atoms with Gasteiger partial charge in [0.2, 0.25) is 0 Å². The maximum Gasteiger partial charge on any atom is 0.193 e. The molecule has 0 saturated carbocycles. The van der Waals surface area contributed by atoms with Crippen molar-refractivity contribution in [3.8, 4) is 5.75 Å². The Bertz CT molecular complexity index is 596. The van der Waals surface area contributed by atoms with Crippen LogP contribution in [0.1, 0.15) is 5.56 Å². The number of guanidine groups is 1. The van der Waals surface area contributed by atoms with Crippen molar-refractivity contribution < 1.29 is 4.74 Å². The Hall–Kier alpha value is -2.20. The third-order valence-electron chi connectivity index (χ3n) is 2.69. The summed E-state index contributed by atoms with van der Waals surface area (Å²) >= 11 is 5.83. The smallest absolute Gasteiger partial charge is 0.193 e. The van der Waals surface area contributed by atoms with E-state index in [0.717, 1.165) is 17.0 Å². The zero-order valence-corrected chi connectivity index (χ0v) is 11.9. The van der Waals surface area contributed by atoms with Gasteiger partial charge >= 0.3 is 0 Å². The molecule has 2 rings (SSSR count). The molecule has 0 amide bonds. The maximum atomic E-state index is 5.85.